The molecule has 1 atom stereocenters. The molecule has 3 N–H and O–H groups in total. The van der Waals surface area contributed by atoms with Crippen molar-refractivity contribution in [2.75, 3.05) is 17.7 Å². The minimum absolute atomic E-state index is 0.0858. The minimum Gasteiger partial charge on any atom is -0.469 e. The van der Waals surface area contributed by atoms with E-state index in [9.17, 15) is 14.4 Å². The molecule has 0 spiro atoms. The number of esters is 1. The van der Waals surface area contributed by atoms with Crippen molar-refractivity contribution in [3.63, 3.8) is 0 Å². The van der Waals surface area contributed by atoms with Gasteiger partial charge in [-0.25, -0.2) is 4.79 Å². The third-order valence-corrected chi connectivity index (χ3v) is 3.51. The Morgan fingerprint density at radius 2 is 1.54 bits per heavy atom. The smallest absolute Gasteiger partial charge is 0.319 e. The molecule has 0 aliphatic rings. The Labute approximate surface area is 151 Å². The van der Waals surface area contributed by atoms with Crippen LogP contribution in [0.2, 0.25) is 0 Å². The number of urea groups is 1. The van der Waals surface area contributed by atoms with E-state index in [-0.39, 0.29) is 18.4 Å². The maximum absolute atomic E-state index is 12.2. The van der Waals surface area contributed by atoms with E-state index in [4.69, 9.17) is 0 Å². The lowest BCUT2D eigenvalue weighted by molar-refractivity contribution is -0.141. The maximum atomic E-state index is 12.2. The monoisotopic (exact) mass is 355 g/mol. The molecule has 7 nitrogen and oxygen atoms in total. The molecule has 0 saturated heterocycles. The number of hydrogen-bond acceptors (Lipinski definition) is 4. The van der Waals surface area contributed by atoms with Crippen LogP contribution in [0.3, 0.4) is 0 Å². The third-order valence-electron chi connectivity index (χ3n) is 3.51. The zero-order chi connectivity index (χ0) is 18.9. The lowest BCUT2D eigenvalue weighted by atomic mass is 10.2. The summed E-state index contributed by atoms with van der Waals surface area (Å²) in [4.78, 5) is 35.2. The van der Waals surface area contributed by atoms with Crippen LogP contribution < -0.4 is 16.0 Å². The van der Waals surface area contributed by atoms with Crippen molar-refractivity contribution in [3.8, 4) is 0 Å². The van der Waals surface area contributed by atoms with E-state index in [1.807, 2.05) is 18.2 Å². The first kappa shape index (κ1) is 19.0. The zero-order valence-corrected chi connectivity index (χ0v) is 14.6. The van der Waals surface area contributed by atoms with Gasteiger partial charge in [0.2, 0.25) is 0 Å². The second kappa shape index (κ2) is 9.22. The maximum Gasteiger partial charge on any atom is 0.319 e. The topological polar surface area (TPSA) is 96.5 Å². The van der Waals surface area contributed by atoms with Crippen molar-refractivity contribution in [2.45, 2.75) is 19.4 Å². The number of amides is 3. The van der Waals surface area contributed by atoms with Crippen LogP contribution >= 0.6 is 0 Å². The second-order valence-electron chi connectivity index (χ2n) is 5.68. The van der Waals surface area contributed by atoms with Gasteiger partial charge in [0.1, 0.15) is 0 Å². The number of carbonyl (C=O) groups is 3. The second-order valence-corrected chi connectivity index (χ2v) is 5.68. The Morgan fingerprint density at radius 3 is 2.15 bits per heavy atom. The molecule has 0 saturated carbocycles. The Kier molecular flexibility index (Phi) is 6.73. The number of benzene rings is 2. The highest BCUT2D eigenvalue weighted by atomic mass is 16.5. The molecule has 2 rings (SSSR count). The molecule has 0 aliphatic heterocycles. The van der Waals surface area contributed by atoms with Crippen molar-refractivity contribution in [1.82, 2.24) is 5.32 Å². The summed E-state index contributed by atoms with van der Waals surface area (Å²) < 4.78 is 4.55. The van der Waals surface area contributed by atoms with Gasteiger partial charge in [-0.15, -0.1) is 0 Å². The number of rotatable bonds is 6. The average molecular weight is 355 g/mol. The van der Waals surface area contributed by atoms with E-state index in [0.29, 0.717) is 16.9 Å². The molecule has 136 valence electrons. The molecule has 0 aromatic heterocycles. The summed E-state index contributed by atoms with van der Waals surface area (Å²) in [5, 5.41) is 8.07. The van der Waals surface area contributed by atoms with E-state index in [1.54, 1.807) is 43.3 Å². The molecular weight excluding hydrogens is 334 g/mol. The number of hydrogen-bond donors (Lipinski definition) is 3. The van der Waals surface area contributed by atoms with E-state index < -0.39 is 12.0 Å². The lowest BCUT2D eigenvalue weighted by Gasteiger charge is -2.13. The van der Waals surface area contributed by atoms with Crippen LogP contribution in [0.15, 0.2) is 54.6 Å². The Bertz CT molecular complexity index is 760. The van der Waals surface area contributed by atoms with Gasteiger partial charge in [-0.2, -0.15) is 0 Å². The standard InChI is InChI=1S/C19H21N3O4/c1-13(12-17(23)26-2)20-19(25)22-16-10-8-14(9-11-16)18(24)21-15-6-4-3-5-7-15/h3-11,13H,12H2,1-2H3,(H,21,24)(H2,20,22,25). The van der Waals surface area contributed by atoms with Crippen molar-refractivity contribution in [3.05, 3.63) is 60.2 Å². The molecule has 3 amide bonds. The predicted molar refractivity (Wildman–Crippen MR) is 99.1 cm³/mol. The molecule has 0 bridgehead atoms. The summed E-state index contributed by atoms with van der Waals surface area (Å²) in [5.74, 6) is -0.634. The first-order valence-corrected chi connectivity index (χ1v) is 8.08. The fourth-order valence-electron chi connectivity index (χ4n) is 2.21. The van der Waals surface area contributed by atoms with Crippen LogP contribution in [0.4, 0.5) is 16.2 Å². The van der Waals surface area contributed by atoms with Gasteiger partial charge >= 0.3 is 12.0 Å². The van der Waals surface area contributed by atoms with E-state index in [2.05, 4.69) is 20.7 Å². The van der Waals surface area contributed by atoms with Gasteiger partial charge in [-0.3, -0.25) is 9.59 Å². The first-order chi connectivity index (χ1) is 12.5. The summed E-state index contributed by atoms with van der Waals surface area (Å²) in [6.45, 7) is 1.70. The van der Waals surface area contributed by atoms with Gasteiger partial charge < -0.3 is 20.7 Å². The van der Waals surface area contributed by atoms with Crippen molar-refractivity contribution < 1.29 is 19.1 Å². The average Bonchev–Trinajstić information content (AvgIpc) is 2.62. The summed E-state index contributed by atoms with van der Waals surface area (Å²) in [6.07, 6.45) is 0.0858. The van der Waals surface area contributed by atoms with Crippen LogP contribution in [-0.2, 0) is 9.53 Å². The van der Waals surface area contributed by atoms with Crippen molar-refractivity contribution in [1.29, 1.82) is 0 Å². The highest BCUT2D eigenvalue weighted by Gasteiger charge is 2.12. The summed E-state index contributed by atoms with van der Waals surface area (Å²) in [5.41, 5.74) is 1.71. The summed E-state index contributed by atoms with van der Waals surface area (Å²) in [6, 6.07) is 14.8. The van der Waals surface area contributed by atoms with Gasteiger partial charge in [-0.05, 0) is 43.3 Å². The van der Waals surface area contributed by atoms with Gasteiger partial charge in [0.25, 0.3) is 5.91 Å². The third kappa shape index (κ3) is 5.94. The fourth-order valence-corrected chi connectivity index (χ4v) is 2.21. The molecule has 7 heteroatoms. The molecule has 1 unspecified atom stereocenters. The van der Waals surface area contributed by atoms with Crippen LogP contribution in [0.1, 0.15) is 23.7 Å². The Hall–Kier alpha value is -3.35. The van der Waals surface area contributed by atoms with Crippen molar-refractivity contribution >= 4 is 29.3 Å². The Morgan fingerprint density at radius 1 is 0.923 bits per heavy atom. The molecule has 2 aromatic carbocycles. The predicted octanol–water partition coefficient (Wildman–Crippen LogP) is 3.01. The molecule has 0 aliphatic carbocycles. The number of para-hydroxylation sites is 1. The molecule has 0 radical (unpaired) electrons. The largest absolute Gasteiger partial charge is 0.469 e. The van der Waals surface area contributed by atoms with Crippen LogP contribution in [0.25, 0.3) is 0 Å². The highest BCUT2D eigenvalue weighted by Crippen LogP contribution is 2.12. The lowest BCUT2D eigenvalue weighted by Crippen LogP contribution is -2.37. The molecule has 2 aromatic rings. The number of carbonyl (C=O) groups excluding carboxylic acids is 3. The quantitative estimate of drug-likeness (QED) is 0.694. The fraction of sp³-hybridized carbons (Fsp3) is 0.211. The van der Waals surface area contributed by atoms with Gasteiger partial charge in [-0.1, -0.05) is 18.2 Å². The Balaban J connectivity index is 1.87. The zero-order valence-electron chi connectivity index (χ0n) is 14.6. The molecule has 0 heterocycles. The molecule has 26 heavy (non-hydrogen) atoms. The van der Waals surface area contributed by atoms with E-state index in [0.717, 1.165) is 0 Å². The summed E-state index contributed by atoms with van der Waals surface area (Å²) >= 11 is 0. The number of nitrogens with one attached hydrogen (secondary N) is 3. The van der Waals surface area contributed by atoms with Crippen LogP contribution in [0, 0.1) is 0 Å². The minimum atomic E-state index is -0.442. The van der Waals surface area contributed by atoms with Crippen LogP contribution in [-0.4, -0.2) is 31.1 Å². The van der Waals surface area contributed by atoms with E-state index >= 15 is 0 Å². The number of methoxy groups -OCH3 is 1. The van der Waals surface area contributed by atoms with Crippen LogP contribution in [0.5, 0.6) is 0 Å². The highest BCUT2D eigenvalue weighted by molar-refractivity contribution is 6.04. The number of anilines is 2. The van der Waals surface area contributed by atoms with Gasteiger partial charge in [0.15, 0.2) is 0 Å². The molecule has 0 fully saturated rings. The first-order valence-electron chi connectivity index (χ1n) is 8.08. The summed E-state index contributed by atoms with van der Waals surface area (Å²) in [7, 11) is 1.30. The van der Waals surface area contributed by atoms with Gasteiger partial charge in [0, 0.05) is 23.0 Å². The van der Waals surface area contributed by atoms with Crippen molar-refractivity contribution in [2.24, 2.45) is 0 Å². The van der Waals surface area contributed by atoms with Gasteiger partial charge in [0.05, 0.1) is 13.5 Å². The van der Waals surface area contributed by atoms with E-state index in [1.165, 1.54) is 7.11 Å². The number of ether oxygens (including phenoxy) is 1. The SMILES string of the molecule is COC(=O)CC(C)NC(=O)Nc1ccc(C(=O)Nc2ccccc2)cc1. The molecular formula is C19H21N3O4. The normalized spacial score (nSPS) is 11.2.